The summed E-state index contributed by atoms with van der Waals surface area (Å²) in [5.74, 6) is 1.95. The van der Waals surface area contributed by atoms with Gasteiger partial charge >= 0.3 is 0 Å². The van der Waals surface area contributed by atoms with Crippen LogP contribution in [0.15, 0.2) is 0 Å². The fraction of sp³-hybridized carbons (Fsp3) is 1.00. The van der Waals surface area contributed by atoms with Gasteiger partial charge in [0.15, 0.2) is 0 Å². The van der Waals surface area contributed by atoms with Crippen LogP contribution in [-0.2, 0) is 0 Å². The highest BCUT2D eigenvalue weighted by molar-refractivity contribution is 4.89. The predicted octanol–water partition coefficient (Wildman–Crippen LogP) is 4.25. The fourth-order valence-electron chi connectivity index (χ4n) is 2.56. The van der Waals surface area contributed by atoms with E-state index >= 15 is 0 Å². The fourth-order valence-corrected chi connectivity index (χ4v) is 2.56. The summed E-state index contributed by atoms with van der Waals surface area (Å²) in [5, 5.41) is 0. The Hall–Kier alpha value is 0. The Kier molecular flexibility index (Phi) is 3.20. The molecule has 0 aromatic rings. The van der Waals surface area contributed by atoms with E-state index in [1.807, 2.05) is 0 Å². The minimum absolute atomic E-state index is 0.620. The van der Waals surface area contributed by atoms with Crippen LogP contribution >= 0.6 is 0 Å². The van der Waals surface area contributed by atoms with Crippen molar-refractivity contribution in [2.75, 3.05) is 0 Å². The molecule has 1 saturated carbocycles. The summed E-state index contributed by atoms with van der Waals surface area (Å²) in [7, 11) is 0. The van der Waals surface area contributed by atoms with E-state index in [1.54, 1.807) is 0 Å². The highest BCUT2D eigenvalue weighted by atomic mass is 14.4. The molecule has 0 aliphatic heterocycles. The molecule has 12 heavy (non-hydrogen) atoms. The summed E-state index contributed by atoms with van der Waals surface area (Å²) in [6, 6.07) is 0. The lowest BCUT2D eigenvalue weighted by Gasteiger charge is -2.31. The largest absolute Gasteiger partial charge is 0.0654 e. The van der Waals surface area contributed by atoms with Crippen molar-refractivity contribution in [2.24, 2.45) is 17.3 Å². The van der Waals surface area contributed by atoms with Gasteiger partial charge in [-0.2, -0.15) is 0 Å². The Morgan fingerprint density at radius 2 is 1.92 bits per heavy atom. The van der Waals surface area contributed by atoms with Gasteiger partial charge in [-0.3, -0.25) is 0 Å². The lowest BCUT2D eigenvalue weighted by Crippen LogP contribution is -2.23. The maximum absolute atomic E-state index is 2.46. The molecule has 0 radical (unpaired) electrons. The molecule has 2 atom stereocenters. The lowest BCUT2D eigenvalue weighted by atomic mass is 9.74. The Morgan fingerprint density at radius 1 is 1.25 bits per heavy atom. The highest BCUT2D eigenvalue weighted by Crippen LogP contribution is 2.48. The minimum atomic E-state index is 0.620. The third kappa shape index (κ3) is 1.84. The van der Waals surface area contributed by atoms with Crippen LogP contribution in [0.2, 0.25) is 0 Å². The summed E-state index contributed by atoms with van der Waals surface area (Å²) >= 11 is 0. The van der Waals surface area contributed by atoms with Crippen LogP contribution in [0.25, 0.3) is 0 Å². The van der Waals surface area contributed by atoms with Crippen molar-refractivity contribution in [3.63, 3.8) is 0 Å². The van der Waals surface area contributed by atoms with Crippen molar-refractivity contribution >= 4 is 0 Å². The van der Waals surface area contributed by atoms with Crippen LogP contribution in [0, 0.1) is 17.3 Å². The maximum atomic E-state index is 2.46. The van der Waals surface area contributed by atoms with Crippen molar-refractivity contribution in [1.82, 2.24) is 0 Å². The van der Waals surface area contributed by atoms with E-state index in [9.17, 15) is 0 Å². The monoisotopic (exact) mass is 168 g/mol. The van der Waals surface area contributed by atoms with Crippen molar-refractivity contribution < 1.29 is 0 Å². The third-order valence-electron chi connectivity index (χ3n) is 4.18. The normalized spacial score (nSPS) is 34.0. The molecule has 0 heteroatoms. The second kappa shape index (κ2) is 3.81. The van der Waals surface area contributed by atoms with E-state index < -0.39 is 0 Å². The van der Waals surface area contributed by atoms with Gasteiger partial charge in [0.05, 0.1) is 0 Å². The van der Waals surface area contributed by atoms with Crippen molar-refractivity contribution in [1.29, 1.82) is 0 Å². The van der Waals surface area contributed by atoms with Gasteiger partial charge in [0.2, 0.25) is 0 Å². The first-order chi connectivity index (χ1) is 5.59. The van der Waals surface area contributed by atoms with Crippen LogP contribution in [0.1, 0.15) is 59.8 Å². The zero-order chi connectivity index (χ0) is 9.19. The second-order valence-electron chi connectivity index (χ2n) is 5.14. The summed E-state index contributed by atoms with van der Waals surface area (Å²) in [6.45, 7) is 9.65. The van der Waals surface area contributed by atoms with Gasteiger partial charge in [0.25, 0.3) is 0 Å². The smallest absolute Gasteiger partial charge is 0.0300 e. The zero-order valence-corrected chi connectivity index (χ0v) is 9.19. The third-order valence-corrected chi connectivity index (χ3v) is 4.18. The van der Waals surface area contributed by atoms with Crippen molar-refractivity contribution in [3.05, 3.63) is 0 Å². The van der Waals surface area contributed by atoms with Crippen LogP contribution in [0.4, 0.5) is 0 Å². The molecular weight excluding hydrogens is 144 g/mol. The van der Waals surface area contributed by atoms with E-state index in [1.165, 1.54) is 32.1 Å². The van der Waals surface area contributed by atoms with Crippen LogP contribution < -0.4 is 0 Å². The Morgan fingerprint density at radius 3 is 2.33 bits per heavy atom. The molecule has 0 amide bonds. The first-order valence-electron chi connectivity index (χ1n) is 5.59. The summed E-state index contributed by atoms with van der Waals surface area (Å²) in [5.41, 5.74) is 0.620. The Balaban J connectivity index is 2.44. The van der Waals surface area contributed by atoms with E-state index in [-0.39, 0.29) is 0 Å². The molecule has 0 N–H and O–H groups in total. The van der Waals surface area contributed by atoms with Gasteiger partial charge in [0, 0.05) is 0 Å². The molecular formula is C12H24. The molecule has 0 aromatic heterocycles. The van der Waals surface area contributed by atoms with Crippen LogP contribution in [0.3, 0.4) is 0 Å². The van der Waals surface area contributed by atoms with Gasteiger partial charge in [-0.25, -0.2) is 0 Å². The van der Waals surface area contributed by atoms with Gasteiger partial charge < -0.3 is 0 Å². The molecule has 0 spiro atoms. The summed E-state index contributed by atoms with van der Waals surface area (Å²) in [6.07, 6.45) is 7.20. The van der Waals surface area contributed by atoms with Gasteiger partial charge in [-0.05, 0) is 36.5 Å². The summed E-state index contributed by atoms with van der Waals surface area (Å²) in [4.78, 5) is 0. The number of hydrogen-bond donors (Lipinski definition) is 0. The average molecular weight is 168 g/mol. The van der Waals surface area contributed by atoms with E-state index in [2.05, 4.69) is 27.7 Å². The quantitative estimate of drug-likeness (QED) is 0.591. The van der Waals surface area contributed by atoms with E-state index in [4.69, 9.17) is 0 Å². The predicted molar refractivity (Wildman–Crippen MR) is 55.2 cm³/mol. The Labute approximate surface area is 77.7 Å². The molecule has 0 saturated heterocycles. The molecule has 0 heterocycles. The standard InChI is InChI=1S/C12H24/c1-5-6-7-11-9-8-10(2)12(11,3)4/h10-11H,5-9H2,1-4H3. The van der Waals surface area contributed by atoms with Crippen molar-refractivity contribution in [3.8, 4) is 0 Å². The molecule has 2 unspecified atom stereocenters. The minimum Gasteiger partial charge on any atom is -0.0654 e. The van der Waals surface area contributed by atoms with Gasteiger partial charge in [-0.15, -0.1) is 0 Å². The molecule has 0 bridgehead atoms. The molecule has 0 nitrogen and oxygen atoms in total. The highest BCUT2D eigenvalue weighted by Gasteiger charge is 2.39. The van der Waals surface area contributed by atoms with E-state index in [0.29, 0.717) is 5.41 Å². The topological polar surface area (TPSA) is 0 Å². The number of rotatable bonds is 3. The number of unbranched alkanes of at least 4 members (excludes halogenated alkanes) is 1. The Bertz CT molecular complexity index is 135. The SMILES string of the molecule is CCCCC1CCC(C)C1(C)C. The molecule has 1 fully saturated rings. The number of hydrogen-bond acceptors (Lipinski definition) is 0. The second-order valence-corrected chi connectivity index (χ2v) is 5.14. The first kappa shape index (κ1) is 10.1. The van der Waals surface area contributed by atoms with Gasteiger partial charge in [0.1, 0.15) is 0 Å². The van der Waals surface area contributed by atoms with Crippen LogP contribution in [0.5, 0.6) is 0 Å². The molecule has 1 rings (SSSR count). The molecule has 1 aliphatic rings. The zero-order valence-electron chi connectivity index (χ0n) is 9.19. The lowest BCUT2D eigenvalue weighted by molar-refractivity contribution is 0.186. The molecule has 0 aromatic carbocycles. The van der Waals surface area contributed by atoms with Crippen molar-refractivity contribution in [2.45, 2.75) is 59.8 Å². The first-order valence-corrected chi connectivity index (χ1v) is 5.59. The maximum Gasteiger partial charge on any atom is -0.0300 e. The molecule has 72 valence electrons. The average Bonchev–Trinajstić information content (AvgIpc) is 2.25. The van der Waals surface area contributed by atoms with Crippen LogP contribution in [-0.4, -0.2) is 0 Å². The molecule has 1 aliphatic carbocycles. The van der Waals surface area contributed by atoms with E-state index in [0.717, 1.165) is 11.8 Å². The van der Waals surface area contributed by atoms with Gasteiger partial charge in [-0.1, -0.05) is 40.5 Å². The summed E-state index contributed by atoms with van der Waals surface area (Å²) < 4.78 is 0.